The van der Waals surface area contributed by atoms with Crippen LogP contribution in [0.15, 0.2) is 29.2 Å². The number of carbonyl (C=O) groups excluding carboxylic acids is 1. The first-order valence-corrected chi connectivity index (χ1v) is 10.4. The summed E-state index contributed by atoms with van der Waals surface area (Å²) < 4.78 is 32.6. The van der Waals surface area contributed by atoms with Crippen LogP contribution in [0.25, 0.3) is 0 Å². The lowest BCUT2D eigenvalue weighted by Crippen LogP contribution is -2.40. The number of carbonyl (C=O) groups is 1. The summed E-state index contributed by atoms with van der Waals surface area (Å²) in [7, 11) is -3.50. The van der Waals surface area contributed by atoms with Crippen LogP contribution < -0.4 is 0 Å². The molecule has 0 spiro atoms. The fourth-order valence-electron chi connectivity index (χ4n) is 3.01. The average Bonchev–Trinajstić information content (AvgIpc) is 3.46. The molecule has 3 rings (SSSR count). The minimum absolute atomic E-state index is 0.0735. The quantitative estimate of drug-likeness (QED) is 0.740. The van der Waals surface area contributed by atoms with Crippen molar-refractivity contribution in [1.29, 1.82) is 0 Å². The van der Waals surface area contributed by atoms with Gasteiger partial charge in [-0.3, -0.25) is 4.79 Å². The number of rotatable bonds is 7. The number of amides is 1. The topological polar surface area (TPSA) is 66.9 Å². The minimum Gasteiger partial charge on any atom is -0.378 e. The molecule has 1 saturated carbocycles. The first kappa shape index (κ1) is 18.4. The van der Waals surface area contributed by atoms with Crippen molar-refractivity contribution in [2.75, 3.05) is 39.4 Å². The Balaban J connectivity index is 1.74. The highest BCUT2D eigenvalue weighted by atomic mass is 32.2. The summed E-state index contributed by atoms with van der Waals surface area (Å²) in [5.74, 6) is 0.430. The Bertz CT molecular complexity index is 692. The lowest BCUT2D eigenvalue weighted by molar-refractivity contribution is 0.0303. The third-order valence-corrected chi connectivity index (χ3v) is 6.55. The molecular weight excluding hydrogens is 340 g/mol. The lowest BCUT2D eigenvalue weighted by Gasteiger charge is -2.27. The maximum absolute atomic E-state index is 12.9. The van der Waals surface area contributed by atoms with Gasteiger partial charge in [0.2, 0.25) is 10.0 Å². The minimum atomic E-state index is -3.50. The number of benzene rings is 1. The van der Waals surface area contributed by atoms with Crippen LogP contribution in [-0.2, 0) is 14.8 Å². The maximum atomic E-state index is 12.9. The van der Waals surface area contributed by atoms with Gasteiger partial charge in [0.05, 0.1) is 18.1 Å². The lowest BCUT2D eigenvalue weighted by atomic mass is 10.2. The molecule has 0 N–H and O–H groups in total. The van der Waals surface area contributed by atoms with E-state index in [-0.39, 0.29) is 10.8 Å². The molecule has 7 heteroatoms. The molecule has 0 aromatic heterocycles. The van der Waals surface area contributed by atoms with Crippen LogP contribution in [0, 0.1) is 5.92 Å². The van der Waals surface area contributed by atoms with Gasteiger partial charge in [0.25, 0.3) is 5.91 Å². The maximum Gasteiger partial charge on any atom is 0.254 e. The van der Waals surface area contributed by atoms with Crippen LogP contribution in [-0.4, -0.2) is 62.9 Å². The number of hydrogen-bond acceptors (Lipinski definition) is 4. The van der Waals surface area contributed by atoms with Gasteiger partial charge in [-0.15, -0.1) is 0 Å². The SMILES string of the molecule is CCCN(CC1CC1)S(=O)(=O)c1ccc(C(=O)N2CCOCC2)cc1. The Labute approximate surface area is 149 Å². The fraction of sp³-hybridized carbons (Fsp3) is 0.611. The molecule has 1 heterocycles. The van der Waals surface area contributed by atoms with Gasteiger partial charge in [0, 0.05) is 31.7 Å². The summed E-state index contributed by atoms with van der Waals surface area (Å²) in [5.41, 5.74) is 0.519. The van der Waals surface area contributed by atoms with E-state index in [4.69, 9.17) is 4.74 Å². The Morgan fingerprint density at radius 1 is 1.20 bits per heavy atom. The standard InChI is InChI=1S/C18H26N2O4S/c1-2-9-20(14-15-3-4-15)25(22,23)17-7-5-16(6-8-17)18(21)19-10-12-24-13-11-19/h5-8,15H,2-4,9-14H2,1H3. The Morgan fingerprint density at radius 3 is 2.40 bits per heavy atom. The van der Waals surface area contributed by atoms with Crippen LogP contribution in [0.5, 0.6) is 0 Å². The molecule has 1 aliphatic heterocycles. The number of sulfonamides is 1. The van der Waals surface area contributed by atoms with E-state index >= 15 is 0 Å². The van der Waals surface area contributed by atoms with E-state index in [1.807, 2.05) is 6.92 Å². The van der Waals surface area contributed by atoms with Gasteiger partial charge in [-0.1, -0.05) is 6.92 Å². The van der Waals surface area contributed by atoms with Gasteiger partial charge in [-0.25, -0.2) is 8.42 Å². The molecule has 1 saturated heterocycles. The van der Waals surface area contributed by atoms with Crippen molar-refractivity contribution in [2.24, 2.45) is 5.92 Å². The summed E-state index contributed by atoms with van der Waals surface area (Å²) in [5, 5.41) is 0. The number of hydrogen-bond donors (Lipinski definition) is 0. The van der Waals surface area contributed by atoms with E-state index < -0.39 is 10.0 Å². The van der Waals surface area contributed by atoms with Crippen molar-refractivity contribution in [3.8, 4) is 0 Å². The molecule has 0 radical (unpaired) electrons. The Kier molecular flexibility index (Phi) is 5.76. The smallest absolute Gasteiger partial charge is 0.254 e. The van der Waals surface area contributed by atoms with Gasteiger partial charge >= 0.3 is 0 Å². The van der Waals surface area contributed by atoms with Crippen molar-refractivity contribution in [3.63, 3.8) is 0 Å². The van der Waals surface area contributed by atoms with Crippen LogP contribution in [0.3, 0.4) is 0 Å². The zero-order valence-corrected chi connectivity index (χ0v) is 15.5. The van der Waals surface area contributed by atoms with E-state index in [0.29, 0.717) is 50.9 Å². The monoisotopic (exact) mass is 366 g/mol. The van der Waals surface area contributed by atoms with Crippen molar-refractivity contribution in [3.05, 3.63) is 29.8 Å². The molecular formula is C18H26N2O4S. The predicted octanol–water partition coefficient (Wildman–Crippen LogP) is 1.97. The fourth-order valence-corrected chi connectivity index (χ4v) is 4.62. The van der Waals surface area contributed by atoms with Gasteiger partial charge < -0.3 is 9.64 Å². The second-order valence-corrected chi connectivity index (χ2v) is 8.67. The van der Waals surface area contributed by atoms with Gasteiger partial charge in [-0.05, 0) is 49.4 Å². The zero-order valence-electron chi connectivity index (χ0n) is 14.7. The average molecular weight is 366 g/mol. The van der Waals surface area contributed by atoms with Crippen molar-refractivity contribution in [1.82, 2.24) is 9.21 Å². The normalized spacial score (nSPS) is 18.6. The van der Waals surface area contributed by atoms with E-state index in [9.17, 15) is 13.2 Å². The van der Waals surface area contributed by atoms with Crippen LogP contribution in [0.4, 0.5) is 0 Å². The molecule has 0 atom stereocenters. The molecule has 1 aromatic rings. The Morgan fingerprint density at radius 2 is 1.84 bits per heavy atom. The summed E-state index contributed by atoms with van der Waals surface area (Å²) in [6, 6.07) is 6.34. The third-order valence-electron chi connectivity index (χ3n) is 4.67. The second-order valence-electron chi connectivity index (χ2n) is 6.74. The van der Waals surface area contributed by atoms with Gasteiger partial charge in [0.1, 0.15) is 0 Å². The molecule has 1 aromatic carbocycles. The van der Waals surface area contributed by atoms with E-state index in [2.05, 4.69) is 0 Å². The second kappa shape index (κ2) is 7.85. The number of ether oxygens (including phenoxy) is 1. The van der Waals surface area contributed by atoms with Crippen molar-refractivity contribution in [2.45, 2.75) is 31.1 Å². The summed E-state index contributed by atoms with van der Waals surface area (Å²) >= 11 is 0. The number of nitrogens with zero attached hydrogens (tertiary/aromatic N) is 2. The van der Waals surface area contributed by atoms with E-state index in [1.165, 1.54) is 0 Å². The first-order chi connectivity index (χ1) is 12.0. The highest BCUT2D eigenvalue weighted by Gasteiger charge is 2.31. The van der Waals surface area contributed by atoms with Crippen LogP contribution in [0.1, 0.15) is 36.5 Å². The molecule has 138 valence electrons. The molecule has 2 fully saturated rings. The summed E-state index contributed by atoms with van der Waals surface area (Å²) in [6.45, 7) is 5.36. The van der Waals surface area contributed by atoms with Crippen molar-refractivity contribution < 1.29 is 17.9 Å². The Hall–Kier alpha value is -1.44. The molecule has 2 aliphatic rings. The molecule has 1 amide bonds. The highest BCUT2D eigenvalue weighted by molar-refractivity contribution is 7.89. The van der Waals surface area contributed by atoms with Crippen LogP contribution >= 0.6 is 0 Å². The molecule has 25 heavy (non-hydrogen) atoms. The predicted molar refractivity (Wildman–Crippen MR) is 94.9 cm³/mol. The van der Waals surface area contributed by atoms with Gasteiger partial charge in [-0.2, -0.15) is 4.31 Å². The van der Waals surface area contributed by atoms with Crippen LogP contribution in [0.2, 0.25) is 0 Å². The third kappa shape index (κ3) is 4.40. The molecule has 6 nitrogen and oxygen atoms in total. The van der Waals surface area contributed by atoms with Gasteiger partial charge in [0.15, 0.2) is 0 Å². The molecule has 0 bridgehead atoms. The molecule has 1 aliphatic carbocycles. The zero-order chi connectivity index (χ0) is 17.9. The van der Waals surface area contributed by atoms with Crippen molar-refractivity contribution >= 4 is 15.9 Å². The molecule has 0 unspecified atom stereocenters. The van der Waals surface area contributed by atoms with E-state index in [0.717, 1.165) is 19.3 Å². The number of morpholine rings is 1. The first-order valence-electron chi connectivity index (χ1n) is 8.99. The summed E-state index contributed by atoms with van der Waals surface area (Å²) in [4.78, 5) is 14.5. The largest absolute Gasteiger partial charge is 0.378 e. The highest BCUT2D eigenvalue weighted by Crippen LogP contribution is 2.31. The summed E-state index contributed by atoms with van der Waals surface area (Å²) in [6.07, 6.45) is 3.02. The van der Waals surface area contributed by atoms with E-state index in [1.54, 1.807) is 33.5 Å².